The molecule has 0 atom stereocenters. The molecule has 142 valence electrons. The lowest BCUT2D eigenvalue weighted by Crippen LogP contribution is -2.40. The van der Waals surface area contributed by atoms with Crippen molar-refractivity contribution in [1.29, 1.82) is 0 Å². The zero-order valence-corrected chi connectivity index (χ0v) is 16.6. The minimum atomic E-state index is -0.734. The molecule has 26 heavy (non-hydrogen) atoms. The van der Waals surface area contributed by atoms with Crippen LogP contribution in [-0.2, 0) is 6.42 Å². The first-order valence-electron chi connectivity index (χ1n) is 7.85. The van der Waals surface area contributed by atoms with Crippen molar-refractivity contribution in [3.63, 3.8) is 0 Å². The molecule has 0 aliphatic rings. The SMILES string of the molecule is CN=C(NCCOc1ccc(F)cc1F)NCCc1ccc(F)cc1.I. The zero-order chi connectivity index (χ0) is 18.1. The molecule has 0 radical (unpaired) electrons. The molecule has 0 aliphatic carbocycles. The predicted molar refractivity (Wildman–Crippen MR) is 107 cm³/mol. The predicted octanol–water partition coefficient (Wildman–Crippen LogP) is 3.51. The van der Waals surface area contributed by atoms with Crippen LogP contribution in [0.15, 0.2) is 47.5 Å². The monoisotopic (exact) mass is 479 g/mol. The molecular formula is C18H21F3IN3O. The molecule has 0 heterocycles. The van der Waals surface area contributed by atoms with E-state index in [2.05, 4.69) is 15.6 Å². The van der Waals surface area contributed by atoms with E-state index in [-0.39, 0.29) is 42.2 Å². The van der Waals surface area contributed by atoms with Crippen LogP contribution in [0.25, 0.3) is 0 Å². The Morgan fingerprint density at radius 3 is 2.27 bits per heavy atom. The van der Waals surface area contributed by atoms with E-state index in [1.807, 2.05) is 0 Å². The number of guanidine groups is 1. The van der Waals surface area contributed by atoms with Crippen LogP contribution in [0.2, 0.25) is 0 Å². The highest BCUT2D eigenvalue weighted by molar-refractivity contribution is 14.0. The molecule has 2 aromatic carbocycles. The smallest absolute Gasteiger partial charge is 0.191 e. The van der Waals surface area contributed by atoms with Crippen LogP contribution in [0.5, 0.6) is 5.75 Å². The molecule has 8 heteroatoms. The van der Waals surface area contributed by atoms with E-state index in [4.69, 9.17) is 4.74 Å². The van der Waals surface area contributed by atoms with Crippen molar-refractivity contribution in [1.82, 2.24) is 10.6 Å². The van der Waals surface area contributed by atoms with E-state index in [1.54, 1.807) is 19.2 Å². The number of aliphatic imine (C=N–C) groups is 1. The van der Waals surface area contributed by atoms with Gasteiger partial charge in [-0.3, -0.25) is 4.99 Å². The second kappa shape index (κ2) is 11.6. The van der Waals surface area contributed by atoms with Gasteiger partial charge in [0.15, 0.2) is 17.5 Å². The van der Waals surface area contributed by atoms with Crippen molar-refractivity contribution in [3.8, 4) is 5.75 Å². The highest BCUT2D eigenvalue weighted by Gasteiger charge is 2.04. The van der Waals surface area contributed by atoms with Gasteiger partial charge in [-0.05, 0) is 36.2 Å². The number of hydrogen-bond acceptors (Lipinski definition) is 2. The first kappa shape index (κ1) is 22.1. The number of hydrogen-bond donors (Lipinski definition) is 2. The van der Waals surface area contributed by atoms with Gasteiger partial charge in [-0.1, -0.05) is 12.1 Å². The fourth-order valence-corrected chi connectivity index (χ4v) is 2.12. The Morgan fingerprint density at radius 1 is 0.962 bits per heavy atom. The minimum Gasteiger partial charge on any atom is -0.489 e. The lowest BCUT2D eigenvalue weighted by atomic mass is 10.1. The Bertz CT molecular complexity index is 711. The summed E-state index contributed by atoms with van der Waals surface area (Å²) in [5, 5.41) is 6.14. The third kappa shape index (κ3) is 7.51. The summed E-state index contributed by atoms with van der Waals surface area (Å²) in [7, 11) is 1.63. The Labute approximate surface area is 167 Å². The van der Waals surface area contributed by atoms with Crippen molar-refractivity contribution in [2.75, 3.05) is 26.7 Å². The van der Waals surface area contributed by atoms with E-state index < -0.39 is 11.6 Å². The average molecular weight is 479 g/mol. The van der Waals surface area contributed by atoms with E-state index in [1.165, 1.54) is 18.2 Å². The normalized spacial score (nSPS) is 10.8. The molecule has 0 aliphatic heterocycles. The fraction of sp³-hybridized carbons (Fsp3) is 0.278. The number of nitrogens with zero attached hydrogens (tertiary/aromatic N) is 1. The van der Waals surface area contributed by atoms with Crippen molar-refractivity contribution in [2.24, 2.45) is 4.99 Å². The van der Waals surface area contributed by atoms with E-state index >= 15 is 0 Å². The van der Waals surface area contributed by atoms with Gasteiger partial charge >= 0.3 is 0 Å². The summed E-state index contributed by atoms with van der Waals surface area (Å²) in [6, 6.07) is 9.49. The molecule has 2 rings (SSSR count). The first-order chi connectivity index (χ1) is 12.1. The summed E-state index contributed by atoms with van der Waals surface area (Å²) >= 11 is 0. The van der Waals surface area contributed by atoms with Crippen LogP contribution in [0, 0.1) is 17.5 Å². The van der Waals surface area contributed by atoms with Crippen molar-refractivity contribution >= 4 is 29.9 Å². The lowest BCUT2D eigenvalue weighted by Gasteiger charge is -2.13. The molecule has 0 bridgehead atoms. The summed E-state index contributed by atoms with van der Waals surface area (Å²) in [6.07, 6.45) is 0.721. The second-order valence-corrected chi connectivity index (χ2v) is 5.23. The maximum atomic E-state index is 13.4. The lowest BCUT2D eigenvalue weighted by molar-refractivity contribution is 0.304. The van der Waals surface area contributed by atoms with Gasteiger partial charge in [-0.25, -0.2) is 13.2 Å². The molecule has 0 amide bonds. The summed E-state index contributed by atoms with van der Waals surface area (Å²) in [5.74, 6) is -1.06. The Morgan fingerprint density at radius 2 is 1.62 bits per heavy atom. The van der Waals surface area contributed by atoms with Gasteiger partial charge in [-0.2, -0.15) is 0 Å². The van der Waals surface area contributed by atoms with Gasteiger partial charge in [0.25, 0.3) is 0 Å². The molecule has 0 spiro atoms. The molecule has 0 unspecified atom stereocenters. The average Bonchev–Trinajstić information content (AvgIpc) is 2.60. The minimum absolute atomic E-state index is 0. The molecule has 0 saturated heterocycles. The number of benzene rings is 2. The molecule has 0 fully saturated rings. The van der Waals surface area contributed by atoms with Gasteiger partial charge in [0.05, 0.1) is 6.54 Å². The van der Waals surface area contributed by atoms with Crippen LogP contribution >= 0.6 is 24.0 Å². The van der Waals surface area contributed by atoms with Crippen molar-refractivity contribution in [2.45, 2.75) is 6.42 Å². The summed E-state index contributed by atoms with van der Waals surface area (Å²) < 4.78 is 44.3. The van der Waals surface area contributed by atoms with E-state index in [0.29, 0.717) is 19.0 Å². The third-order valence-electron chi connectivity index (χ3n) is 3.39. The third-order valence-corrected chi connectivity index (χ3v) is 3.39. The van der Waals surface area contributed by atoms with E-state index in [0.717, 1.165) is 24.1 Å². The standard InChI is InChI=1S/C18H20F3N3O.HI/c1-22-18(23-9-8-13-2-4-14(19)5-3-13)24-10-11-25-17-7-6-15(20)12-16(17)21;/h2-7,12H,8-11H2,1H3,(H2,22,23,24);1H. The molecule has 2 N–H and O–H groups in total. The summed E-state index contributed by atoms with van der Waals surface area (Å²) in [4.78, 5) is 4.06. The quantitative estimate of drug-likeness (QED) is 0.277. The topological polar surface area (TPSA) is 45.7 Å². The van der Waals surface area contributed by atoms with Crippen molar-refractivity contribution in [3.05, 3.63) is 65.5 Å². The number of ether oxygens (including phenoxy) is 1. The van der Waals surface area contributed by atoms with Gasteiger partial charge in [0, 0.05) is 19.7 Å². The number of nitrogens with one attached hydrogen (secondary N) is 2. The van der Waals surface area contributed by atoms with Crippen LogP contribution in [0.1, 0.15) is 5.56 Å². The summed E-state index contributed by atoms with van der Waals surface area (Å²) in [6.45, 7) is 1.22. The Kier molecular flexibility index (Phi) is 9.85. The fourth-order valence-electron chi connectivity index (χ4n) is 2.12. The van der Waals surface area contributed by atoms with Gasteiger partial charge in [-0.15, -0.1) is 24.0 Å². The summed E-state index contributed by atoms with van der Waals surface area (Å²) in [5.41, 5.74) is 1.01. The highest BCUT2D eigenvalue weighted by Crippen LogP contribution is 2.17. The molecule has 0 aromatic heterocycles. The number of rotatable bonds is 7. The Balaban J connectivity index is 0.00000338. The van der Waals surface area contributed by atoms with Crippen LogP contribution in [0.3, 0.4) is 0 Å². The van der Waals surface area contributed by atoms with Gasteiger partial charge in [0.2, 0.25) is 0 Å². The first-order valence-corrected chi connectivity index (χ1v) is 7.85. The van der Waals surface area contributed by atoms with E-state index in [9.17, 15) is 13.2 Å². The molecule has 4 nitrogen and oxygen atoms in total. The van der Waals surface area contributed by atoms with Crippen molar-refractivity contribution < 1.29 is 17.9 Å². The van der Waals surface area contributed by atoms with Crippen LogP contribution < -0.4 is 15.4 Å². The van der Waals surface area contributed by atoms with Gasteiger partial charge in [0.1, 0.15) is 18.2 Å². The molecule has 2 aromatic rings. The highest BCUT2D eigenvalue weighted by atomic mass is 127. The maximum Gasteiger partial charge on any atom is 0.191 e. The second-order valence-electron chi connectivity index (χ2n) is 5.23. The molecule has 0 saturated carbocycles. The molecular weight excluding hydrogens is 458 g/mol. The largest absolute Gasteiger partial charge is 0.489 e. The van der Waals surface area contributed by atoms with Gasteiger partial charge < -0.3 is 15.4 Å². The van der Waals surface area contributed by atoms with Crippen LogP contribution in [0.4, 0.5) is 13.2 Å². The Hall–Kier alpha value is -1.97. The zero-order valence-electron chi connectivity index (χ0n) is 14.3. The number of halogens is 4. The maximum absolute atomic E-state index is 13.4. The van der Waals surface area contributed by atoms with Crippen LogP contribution in [-0.4, -0.2) is 32.7 Å².